The number of hydrogen-bond donors (Lipinski definition) is 0. The molecule has 0 N–H and O–H groups in total. The summed E-state index contributed by atoms with van der Waals surface area (Å²) in [5.41, 5.74) is 0.646. The Bertz CT molecular complexity index is 635. The molecule has 2 atom stereocenters. The van der Waals surface area contributed by atoms with Crippen LogP contribution < -0.4 is 4.74 Å². The van der Waals surface area contributed by atoms with Gasteiger partial charge in [-0.2, -0.15) is 0 Å². The Kier molecular flexibility index (Phi) is 4.20. The van der Waals surface area contributed by atoms with Crippen LogP contribution in [0.25, 0.3) is 10.8 Å². The Labute approximate surface area is 124 Å². The number of aldehydes is 1. The molecule has 1 aliphatic rings. The Morgan fingerprint density at radius 3 is 2.71 bits per heavy atom. The molecule has 3 rings (SSSR count). The van der Waals surface area contributed by atoms with Crippen LogP contribution in [0.1, 0.15) is 36.0 Å². The summed E-state index contributed by atoms with van der Waals surface area (Å²) in [7, 11) is 1.75. The van der Waals surface area contributed by atoms with Crippen molar-refractivity contribution < 1.29 is 14.3 Å². The Morgan fingerprint density at radius 2 is 1.90 bits per heavy atom. The molecule has 110 valence electrons. The number of rotatable bonds is 4. The molecular weight excluding hydrogens is 264 g/mol. The molecule has 21 heavy (non-hydrogen) atoms. The Hall–Kier alpha value is -1.87. The van der Waals surface area contributed by atoms with Gasteiger partial charge in [-0.25, -0.2) is 0 Å². The Balaban J connectivity index is 1.88. The zero-order chi connectivity index (χ0) is 14.7. The van der Waals surface area contributed by atoms with Crippen molar-refractivity contribution in [1.82, 2.24) is 0 Å². The van der Waals surface area contributed by atoms with Crippen LogP contribution in [0.3, 0.4) is 0 Å². The van der Waals surface area contributed by atoms with Gasteiger partial charge >= 0.3 is 0 Å². The zero-order valence-electron chi connectivity index (χ0n) is 12.2. The highest BCUT2D eigenvalue weighted by atomic mass is 16.5. The minimum absolute atomic E-state index is 0.128. The topological polar surface area (TPSA) is 35.5 Å². The van der Waals surface area contributed by atoms with Crippen LogP contribution in [0.4, 0.5) is 0 Å². The van der Waals surface area contributed by atoms with Crippen molar-refractivity contribution in [2.45, 2.75) is 37.9 Å². The van der Waals surface area contributed by atoms with Crippen LogP contribution in [-0.4, -0.2) is 25.6 Å². The van der Waals surface area contributed by atoms with Crippen LogP contribution in [0.15, 0.2) is 36.4 Å². The maximum atomic E-state index is 11.5. The summed E-state index contributed by atoms with van der Waals surface area (Å²) in [6.45, 7) is 0. The van der Waals surface area contributed by atoms with Gasteiger partial charge in [0.15, 0.2) is 6.29 Å². The molecule has 0 saturated heterocycles. The van der Waals surface area contributed by atoms with Crippen molar-refractivity contribution in [3.63, 3.8) is 0 Å². The summed E-state index contributed by atoms with van der Waals surface area (Å²) in [5, 5.41) is 2.01. The average Bonchev–Trinajstić information content (AvgIpc) is 2.55. The molecule has 3 nitrogen and oxygen atoms in total. The van der Waals surface area contributed by atoms with Gasteiger partial charge in [0.1, 0.15) is 11.9 Å². The summed E-state index contributed by atoms with van der Waals surface area (Å²) in [5.74, 6) is 0.686. The minimum atomic E-state index is 0.128. The number of methoxy groups -OCH3 is 1. The fourth-order valence-electron chi connectivity index (χ4n) is 3.10. The number of benzene rings is 2. The fraction of sp³-hybridized carbons (Fsp3) is 0.389. The van der Waals surface area contributed by atoms with E-state index in [9.17, 15) is 4.79 Å². The average molecular weight is 284 g/mol. The van der Waals surface area contributed by atoms with Gasteiger partial charge in [0.25, 0.3) is 0 Å². The lowest BCUT2D eigenvalue weighted by atomic mass is 9.94. The van der Waals surface area contributed by atoms with E-state index in [1.54, 1.807) is 7.11 Å². The second-order valence-corrected chi connectivity index (χ2v) is 5.58. The molecule has 2 unspecified atom stereocenters. The monoisotopic (exact) mass is 284 g/mol. The van der Waals surface area contributed by atoms with Crippen LogP contribution in [0.5, 0.6) is 5.75 Å². The third-order valence-electron chi connectivity index (χ3n) is 4.25. The Morgan fingerprint density at radius 1 is 1.10 bits per heavy atom. The van der Waals surface area contributed by atoms with Crippen molar-refractivity contribution in [3.8, 4) is 5.75 Å². The van der Waals surface area contributed by atoms with E-state index in [-0.39, 0.29) is 12.2 Å². The van der Waals surface area contributed by atoms with Gasteiger partial charge in [-0.15, -0.1) is 0 Å². The molecule has 1 fully saturated rings. The molecule has 2 aromatic carbocycles. The highest BCUT2D eigenvalue weighted by Crippen LogP contribution is 2.30. The van der Waals surface area contributed by atoms with Crippen molar-refractivity contribution in [3.05, 3.63) is 42.0 Å². The van der Waals surface area contributed by atoms with Gasteiger partial charge < -0.3 is 9.47 Å². The van der Waals surface area contributed by atoms with Gasteiger partial charge in [-0.1, -0.05) is 30.3 Å². The van der Waals surface area contributed by atoms with Gasteiger partial charge in [-0.05, 0) is 36.1 Å². The maximum absolute atomic E-state index is 11.5. The lowest BCUT2D eigenvalue weighted by Crippen LogP contribution is -2.29. The summed E-state index contributed by atoms with van der Waals surface area (Å²) < 4.78 is 11.5. The SMILES string of the molecule is COC1CCCC(Oc2ccc3ccccc3c2C=O)C1. The number of hydrogen-bond acceptors (Lipinski definition) is 3. The highest BCUT2D eigenvalue weighted by Gasteiger charge is 2.24. The van der Waals surface area contributed by atoms with Gasteiger partial charge in [0, 0.05) is 13.5 Å². The molecule has 0 spiro atoms. The van der Waals surface area contributed by atoms with Crippen LogP contribution in [0.2, 0.25) is 0 Å². The van der Waals surface area contributed by atoms with E-state index in [2.05, 4.69) is 0 Å². The van der Waals surface area contributed by atoms with Gasteiger partial charge in [-0.3, -0.25) is 4.79 Å². The summed E-state index contributed by atoms with van der Waals surface area (Å²) in [4.78, 5) is 11.5. The molecule has 1 aliphatic carbocycles. The zero-order valence-corrected chi connectivity index (χ0v) is 12.2. The third kappa shape index (κ3) is 2.93. The van der Waals surface area contributed by atoms with Crippen LogP contribution >= 0.6 is 0 Å². The quantitative estimate of drug-likeness (QED) is 0.796. The van der Waals surface area contributed by atoms with E-state index in [1.807, 2.05) is 36.4 Å². The standard InChI is InChI=1S/C18H20O3/c1-20-14-6-4-7-15(11-14)21-18-10-9-13-5-2-3-8-16(13)17(18)12-19/h2-3,5,8-10,12,14-15H,4,6-7,11H2,1H3. The number of carbonyl (C=O) groups excluding carboxylic acids is 1. The molecule has 1 saturated carbocycles. The minimum Gasteiger partial charge on any atom is -0.490 e. The van der Waals surface area contributed by atoms with E-state index in [0.29, 0.717) is 11.3 Å². The largest absolute Gasteiger partial charge is 0.490 e. The lowest BCUT2D eigenvalue weighted by Gasteiger charge is -2.29. The first-order valence-corrected chi connectivity index (χ1v) is 7.48. The molecule has 0 heterocycles. The molecule has 0 radical (unpaired) electrons. The highest BCUT2D eigenvalue weighted by molar-refractivity contribution is 6.00. The summed E-state index contributed by atoms with van der Waals surface area (Å²) in [6.07, 6.45) is 5.40. The first kappa shape index (κ1) is 14.1. The number of ether oxygens (including phenoxy) is 2. The van der Waals surface area contributed by atoms with Crippen LogP contribution in [-0.2, 0) is 4.74 Å². The van der Waals surface area contributed by atoms with E-state index < -0.39 is 0 Å². The van der Waals surface area contributed by atoms with E-state index in [4.69, 9.17) is 9.47 Å². The van der Waals surface area contributed by atoms with Crippen molar-refractivity contribution in [2.24, 2.45) is 0 Å². The number of carbonyl (C=O) groups is 1. The first-order chi connectivity index (χ1) is 10.3. The van der Waals surface area contributed by atoms with Crippen molar-refractivity contribution in [2.75, 3.05) is 7.11 Å². The van der Waals surface area contributed by atoms with E-state index >= 15 is 0 Å². The molecule has 0 bridgehead atoms. The van der Waals surface area contributed by atoms with Gasteiger partial charge in [0.05, 0.1) is 11.7 Å². The number of fused-ring (bicyclic) bond motifs is 1. The lowest BCUT2D eigenvalue weighted by molar-refractivity contribution is 0.0208. The second kappa shape index (κ2) is 6.27. The van der Waals surface area contributed by atoms with E-state index in [1.165, 1.54) is 0 Å². The second-order valence-electron chi connectivity index (χ2n) is 5.58. The predicted octanol–water partition coefficient (Wildman–Crippen LogP) is 3.99. The molecule has 3 heteroatoms. The summed E-state index contributed by atoms with van der Waals surface area (Å²) >= 11 is 0. The van der Waals surface area contributed by atoms with Crippen molar-refractivity contribution in [1.29, 1.82) is 0 Å². The normalized spacial score (nSPS) is 22.1. The molecule has 0 amide bonds. The van der Waals surface area contributed by atoms with E-state index in [0.717, 1.165) is 42.7 Å². The smallest absolute Gasteiger partial charge is 0.154 e. The first-order valence-electron chi connectivity index (χ1n) is 7.48. The molecule has 2 aromatic rings. The fourth-order valence-corrected chi connectivity index (χ4v) is 3.10. The summed E-state index contributed by atoms with van der Waals surface area (Å²) in [6, 6.07) is 11.8. The molecule has 0 aliphatic heterocycles. The predicted molar refractivity (Wildman–Crippen MR) is 83.0 cm³/mol. The molecule has 0 aromatic heterocycles. The van der Waals surface area contributed by atoms with Crippen LogP contribution in [0, 0.1) is 0 Å². The maximum Gasteiger partial charge on any atom is 0.154 e. The van der Waals surface area contributed by atoms with Crippen molar-refractivity contribution >= 4 is 17.1 Å². The molecular formula is C18H20O3. The van der Waals surface area contributed by atoms with Gasteiger partial charge in [0.2, 0.25) is 0 Å². The third-order valence-corrected chi connectivity index (χ3v) is 4.25.